The highest BCUT2D eigenvalue weighted by Crippen LogP contribution is 2.23. The van der Waals surface area contributed by atoms with Crippen LogP contribution in [-0.4, -0.2) is 149 Å². The number of benzene rings is 1. The number of hydrogen-bond donors (Lipinski definition) is 1. The van der Waals surface area contributed by atoms with Crippen molar-refractivity contribution in [1.82, 2.24) is 19.6 Å². The minimum absolute atomic E-state index is 0.0373. The van der Waals surface area contributed by atoms with Crippen molar-refractivity contribution in [2.45, 2.75) is 157 Å². The molecule has 1 aromatic rings. The second kappa shape index (κ2) is 24.0. The first-order valence-electron chi connectivity index (χ1n) is 21.8. The van der Waals surface area contributed by atoms with Gasteiger partial charge in [0.1, 0.15) is 29.9 Å². The minimum Gasteiger partial charge on any atom is -0.508 e. The van der Waals surface area contributed by atoms with E-state index < -0.39 is 96.1 Å². The summed E-state index contributed by atoms with van der Waals surface area (Å²) in [6.45, 7) is 18.6. The summed E-state index contributed by atoms with van der Waals surface area (Å²) in [6.07, 6.45) is -5.63. The van der Waals surface area contributed by atoms with Crippen LogP contribution >= 0.6 is 0 Å². The van der Waals surface area contributed by atoms with E-state index in [-0.39, 0.29) is 61.5 Å². The maximum Gasteiger partial charge on any atom is 0.329 e. The van der Waals surface area contributed by atoms with E-state index in [9.17, 15) is 43.5 Å². The molecule has 63 heavy (non-hydrogen) atoms. The maximum atomic E-state index is 14.5. The van der Waals surface area contributed by atoms with Gasteiger partial charge in [0.05, 0.1) is 0 Å². The number of ether oxygens (including phenoxy) is 4. The number of phenols is 1. The van der Waals surface area contributed by atoms with Gasteiger partial charge in [0, 0.05) is 34.6 Å². The number of phenolic OH excluding ortho intramolecular Hbond substituents is 1. The zero-order valence-electron chi connectivity index (χ0n) is 39.9. The Hall–Kier alpha value is -5.22. The monoisotopic (exact) mass is 889 g/mol. The summed E-state index contributed by atoms with van der Waals surface area (Å²) in [4.78, 5) is 117. The summed E-state index contributed by atoms with van der Waals surface area (Å²) < 4.78 is 23.1. The molecule has 8 atom stereocenters. The van der Waals surface area contributed by atoms with Crippen LogP contribution in [0.2, 0.25) is 0 Å². The predicted molar refractivity (Wildman–Crippen MR) is 232 cm³/mol. The Morgan fingerprint density at radius 3 is 0.968 bits per heavy atom. The van der Waals surface area contributed by atoms with Crippen molar-refractivity contribution in [2.24, 2.45) is 23.7 Å². The number of rotatable bonds is 10. The molecule has 17 heteroatoms. The predicted octanol–water partition coefficient (Wildman–Crippen LogP) is 4.15. The van der Waals surface area contributed by atoms with Gasteiger partial charge in [0.25, 0.3) is 23.6 Å². The molecule has 0 spiro atoms. The lowest BCUT2D eigenvalue weighted by Crippen LogP contribution is -2.54. The molecule has 1 heterocycles. The normalized spacial score (nSPS) is 26.3. The number of carbonyl (C=O) groups excluding carboxylic acids is 8. The second-order valence-corrected chi connectivity index (χ2v) is 18.4. The molecule has 2 rings (SSSR count). The number of carbonyl (C=O) groups is 8. The molecule has 354 valence electrons. The summed E-state index contributed by atoms with van der Waals surface area (Å²) >= 11 is 0. The standard InChI is InChI=1S/C46H72N4O13/c1-25(2)20-34-43(56)60-29(9)39(52)47(12)35(21-26(3)4)44(57)61-31(11)41(54)49(14)37(23-28(7)8)46(59)63-38(24-32-16-18-33(51)19-17-32)42(55)50(15)36(22-27(5)6)45(58)62-30(10)40(53)48(34)13/h16-19,25-31,34-38,51H,20-24H2,1-15H3. The van der Waals surface area contributed by atoms with Crippen molar-refractivity contribution in [1.29, 1.82) is 0 Å². The Kier molecular flexibility index (Phi) is 20.5. The minimum atomic E-state index is -1.55. The topological polar surface area (TPSA) is 207 Å². The van der Waals surface area contributed by atoms with Crippen molar-refractivity contribution >= 4 is 47.5 Å². The Morgan fingerprint density at radius 1 is 0.444 bits per heavy atom. The van der Waals surface area contributed by atoms with Crippen LogP contribution in [0, 0.1) is 23.7 Å². The highest BCUT2D eigenvalue weighted by Gasteiger charge is 2.42. The highest BCUT2D eigenvalue weighted by molar-refractivity contribution is 5.94. The zero-order valence-corrected chi connectivity index (χ0v) is 39.9. The van der Waals surface area contributed by atoms with Gasteiger partial charge in [-0.25, -0.2) is 19.2 Å². The zero-order chi connectivity index (χ0) is 48.2. The number of likely N-dealkylation sites (N-methyl/N-ethyl adjacent to an activating group) is 4. The van der Waals surface area contributed by atoms with Gasteiger partial charge >= 0.3 is 23.9 Å². The van der Waals surface area contributed by atoms with Gasteiger partial charge in [0.15, 0.2) is 24.4 Å². The molecule has 1 aliphatic rings. The Bertz CT molecular complexity index is 1750. The van der Waals surface area contributed by atoms with E-state index in [0.717, 1.165) is 19.6 Å². The molecule has 0 aliphatic carbocycles. The third-order valence-corrected chi connectivity index (χ3v) is 10.9. The van der Waals surface area contributed by atoms with Gasteiger partial charge in [0.2, 0.25) is 0 Å². The number of hydrogen-bond acceptors (Lipinski definition) is 13. The average Bonchev–Trinajstić information content (AvgIpc) is 3.20. The van der Waals surface area contributed by atoms with Gasteiger partial charge in [-0.05, 0) is 87.8 Å². The van der Waals surface area contributed by atoms with E-state index in [1.54, 1.807) is 12.1 Å². The van der Waals surface area contributed by atoms with Gasteiger partial charge < -0.3 is 43.7 Å². The summed E-state index contributed by atoms with van der Waals surface area (Å²) in [5, 5.41) is 9.95. The first-order chi connectivity index (χ1) is 29.2. The van der Waals surface area contributed by atoms with E-state index in [4.69, 9.17) is 18.9 Å². The largest absolute Gasteiger partial charge is 0.508 e. The average molecular weight is 889 g/mol. The van der Waals surface area contributed by atoms with E-state index in [1.165, 1.54) is 61.1 Å². The Balaban J connectivity index is 2.81. The van der Waals surface area contributed by atoms with Gasteiger partial charge in [-0.3, -0.25) is 19.2 Å². The first-order valence-corrected chi connectivity index (χ1v) is 21.8. The summed E-state index contributed by atoms with van der Waals surface area (Å²) in [5.74, 6) is -7.36. The summed E-state index contributed by atoms with van der Waals surface area (Å²) in [5.41, 5.74) is 0.499. The SMILES string of the molecule is CC(C)CC1C(=O)OC(C)C(=O)N(C)C(CC(C)C)C(=O)OC(Cc2ccc(O)cc2)C(=O)N(C)C(CC(C)C)C(=O)OC(C)C(=O)N(C)C(CC(C)C)C(=O)OC(C)C(=O)N1C. The van der Waals surface area contributed by atoms with Crippen LogP contribution in [0.15, 0.2) is 24.3 Å². The smallest absolute Gasteiger partial charge is 0.329 e. The number of nitrogens with zero attached hydrogens (tertiary/aromatic N) is 4. The van der Waals surface area contributed by atoms with Crippen LogP contribution in [0.1, 0.15) is 107 Å². The van der Waals surface area contributed by atoms with E-state index in [2.05, 4.69) is 0 Å². The third-order valence-electron chi connectivity index (χ3n) is 10.9. The third kappa shape index (κ3) is 15.5. The summed E-state index contributed by atoms with van der Waals surface area (Å²) in [6, 6.07) is 0.939. The second-order valence-electron chi connectivity index (χ2n) is 18.4. The number of esters is 4. The molecule has 1 fully saturated rings. The van der Waals surface area contributed by atoms with Crippen LogP contribution in [-0.2, 0) is 63.7 Å². The molecule has 1 aromatic carbocycles. The number of amides is 4. The van der Waals surface area contributed by atoms with Gasteiger partial charge in [-0.1, -0.05) is 67.5 Å². The number of cyclic esters (lactones) is 4. The highest BCUT2D eigenvalue weighted by atomic mass is 16.6. The number of aromatic hydroxyl groups is 1. The molecule has 0 radical (unpaired) electrons. The van der Waals surface area contributed by atoms with Gasteiger partial charge in [-0.15, -0.1) is 0 Å². The fourth-order valence-electron chi connectivity index (χ4n) is 7.29. The van der Waals surface area contributed by atoms with Crippen LogP contribution in [0.25, 0.3) is 0 Å². The lowest BCUT2D eigenvalue weighted by Gasteiger charge is -2.35. The molecular weight excluding hydrogens is 817 g/mol. The lowest BCUT2D eigenvalue weighted by atomic mass is 10.00. The van der Waals surface area contributed by atoms with Crippen molar-refractivity contribution in [2.75, 3.05) is 28.2 Å². The molecule has 4 amide bonds. The fourth-order valence-corrected chi connectivity index (χ4v) is 7.29. The van der Waals surface area contributed by atoms with Crippen LogP contribution in [0.4, 0.5) is 0 Å². The van der Waals surface area contributed by atoms with Crippen molar-refractivity contribution in [3.05, 3.63) is 29.8 Å². The lowest BCUT2D eigenvalue weighted by molar-refractivity contribution is -0.176. The molecule has 17 nitrogen and oxygen atoms in total. The maximum absolute atomic E-state index is 14.5. The van der Waals surface area contributed by atoms with E-state index in [1.807, 2.05) is 55.4 Å². The molecule has 0 aromatic heterocycles. The molecule has 8 unspecified atom stereocenters. The molecule has 1 saturated heterocycles. The van der Waals surface area contributed by atoms with Crippen molar-refractivity contribution < 1.29 is 62.4 Å². The molecule has 1 N–H and O–H groups in total. The molecule has 0 bridgehead atoms. The quantitative estimate of drug-likeness (QED) is 0.259. The van der Waals surface area contributed by atoms with E-state index in [0.29, 0.717) is 5.56 Å². The Labute approximate surface area is 373 Å². The summed E-state index contributed by atoms with van der Waals surface area (Å²) in [7, 11) is 5.42. The molecular formula is C46H72N4O13. The van der Waals surface area contributed by atoms with E-state index >= 15 is 0 Å². The van der Waals surface area contributed by atoms with Gasteiger partial charge in [-0.2, -0.15) is 0 Å². The van der Waals surface area contributed by atoms with Crippen LogP contribution in [0.3, 0.4) is 0 Å². The van der Waals surface area contributed by atoms with Crippen molar-refractivity contribution in [3.63, 3.8) is 0 Å². The first kappa shape index (κ1) is 53.9. The fraction of sp³-hybridized carbons (Fsp3) is 0.696. The molecule has 1 aliphatic heterocycles. The Morgan fingerprint density at radius 2 is 0.698 bits per heavy atom. The van der Waals surface area contributed by atoms with Crippen molar-refractivity contribution in [3.8, 4) is 5.75 Å². The van der Waals surface area contributed by atoms with Crippen LogP contribution in [0.5, 0.6) is 5.75 Å². The molecule has 0 saturated carbocycles. The van der Waals surface area contributed by atoms with Crippen LogP contribution < -0.4 is 0 Å².